The van der Waals surface area contributed by atoms with Crippen LogP contribution in [-0.2, 0) is 29.2 Å². The van der Waals surface area contributed by atoms with Crippen LogP contribution < -0.4 is 9.46 Å². The van der Waals surface area contributed by atoms with E-state index in [9.17, 15) is 13.2 Å². The molecule has 2 aliphatic heterocycles. The molecule has 1 aromatic heterocycles. The minimum atomic E-state index is -4.97. The van der Waals surface area contributed by atoms with Gasteiger partial charge in [0.15, 0.2) is 0 Å². The molecule has 2 aliphatic rings. The van der Waals surface area contributed by atoms with Gasteiger partial charge in [-0.3, -0.25) is 4.79 Å². The lowest BCUT2D eigenvalue weighted by molar-refractivity contribution is -0.139. The van der Waals surface area contributed by atoms with E-state index in [1.165, 1.54) is 35.2 Å². The predicted octanol–water partition coefficient (Wildman–Crippen LogP) is 6.64. The normalized spacial score (nSPS) is 17.5. The number of rotatable bonds is 4. The van der Waals surface area contributed by atoms with Crippen LogP contribution in [0.1, 0.15) is 59.0 Å². The van der Waals surface area contributed by atoms with Crippen molar-refractivity contribution in [1.29, 1.82) is 0 Å². The SMILES string of the molecule is CC(C)CCc1ccccc1-c1nc2nc(c1C(F)(F)F)OC1CN(Cc3ccccc31)C(=O)c1cccc(c1)S(=O)(=O)N2. The van der Waals surface area contributed by atoms with E-state index in [2.05, 4.69) is 14.7 Å². The summed E-state index contributed by atoms with van der Waals surface area (Å²) in [5, 5.41) is 0. The van der Waals surface area contributed by atoms with Gasteiger partial charge >= 0.3 is 6.18 Å². The molecule has 1 amide bonds. The van der Waals surface area contributed by atoms with Crippen molar-refractivity contribution >= 4 is 21.9 Å². The van der Waals surface area contributed by atoms with Gasteiger partial charge < -0.3 is 9.64 Å². The zero-order valence-electron chi connectivity index (χ0n) is 23.9. The van der Waals surface area contributed by atoms with E-state index in [1.807, 2.05) is 13.8 Å². The van der Waals surface area contributed by atoms with Gasteiger partial charge in [0.2, 0.25) is 11.8 Å². The fraction of sp³-hybridized carbons (Fsp3) is 0.281. The van der Waals surface area contributed by atoms with Crippen molar-refractivity contribution in [3.05, 3.63) is 101 Å². The number of anilines is 1. The van der Waals surface area contributed by atoms with Gasteiger partial charge in [-0.25, -0.2) is 18.1 Å². The number of nitrogens with one attached hydrogen (secondary N) is 1. The van der Waals surface area contributed by atoms with Gasteiger partial charge in [0.05, 0.1) is 17.1 Å². The average Bonchev–Trinajstić information content (AvgIpc) is 2.98. The number of fused-ring (bicyclic) bond motifs is 8. The van der Waals surface area contributed by atoms with Crippen LogP contribution in [0.25, 0.3) is 11.3 Å². The number of alkyl halides is 3. The Kier molecular flexibility index (Phi) is 7.56. The summed E-state index contributed by atoms with van der Waals surface area (Å²) in [5.41, 5.74) is 0.488. The molecule has 0 spiro atoms. The van der Waals surface area contributed by atoms with E-state index < -0.39 is 51.3 Å². The maximum atomic E-state index is 15.0. The molecule has 0 aliphatic carbocycles. The van der Waals surface area contributed by atoms with Crippen molar-refractivity contribution < 1.29 is 31.1 Å². The number of aryl methyl sites for hydroxylation is 1. The molecule has 3 aromatic carbocycles. The Labute approximate surface area is 253 Å². The van der Waals surface area contributed by atoms with Crippen molar-refractivity contribution in [1.82, 2.24) is 14.9 Å². The Hall–Kier alpha value is -4.45. The number of benzene rings is 3. The number of ether oxygens (including phenoxy) is 1. The van der Waals surface area contributed by atoms with E-state index in [1.54, 1.807) is 42.5 Å². The minimum absolute atomic E-state index is 0.0861. The van der Waals surface area contributed by atoms with Gasteiger partial charge in [-0.2, -0.15) is 18.2 Å². The lowest BCUT2D eigenvalue weighted by atomic mass is 9.94. The number of halogens is 3. The molecule has 1 N–H and O–H groups in total. The molecular weight excluding hydrogens is 593 g/mol. The molecule has 3 heterocycles. The Balaban J connectivity index is 1.62. The lowest BCUT2D eigenvalue weighted by Crippen LogP contribution is -2.40. The molecule has 0 fully saturated rings. The monoisotopic (exact) mass is 622 g/mol. The predicted molar refractivity (Wildman–Crippen MR) is 157 cm³/mol. The number of aromatic nitrogens is 2. The molecular formula is C32H29F3N4O4S. The highest BCUT2D eigenvalue weighted by Crippen LogP contribution is 2.45. The molecule has 0 saturated carbocycles. The summed E-state index contributed by atoms with van der Waals surface area (Å²) in [6, 6.07) is 19.1. The molecule has 8 nitrogen and oxygen atoms in total. The van der Waals surface area contributed by atoms with Crippen LogP contribution in [0.5, 0.6) is 5.88 Å². The average molecular weight is 623 g/mol. The first kappa shape index (κ1) is 29.6. The third-order valence-electron chi connectivity index (χ3n) is 7.73. The number of carbonyl (C=O) groups excluding carboxylic acids is 1. The molecule has 4 aromatic rings. The van der Waals surface area contributed by atoms with Crippen LogP contribution in [0.3, 0.4) is 0 Å². The smallest absolute Gasteiger partial charge is 0.423 e. The highest BCUT2D eigenvalue weighted by Gasteiger charge is 2.42. The highest BCUT2D eigenvalue weighted by atomic mass is 32.2. The molecule has 1 unspecified atom stereocenters. The minimum Gasteiger partial charge on any atom is -0.467 e. The molecule has 0 radical (unpaired) electrons. The van der Waals surface area contributed by atoms with Crippen molar-refractivity contribution in [3.8, 4) is 17.1 Å². The first-order valence-electron chi connectivity index (χ1n) is 14.1. The summed E-state index contributed by atoms with van der Waals surface area (Å²) >= 11 is 0. The number of nitrogens with zero attached hydrogens (tertiary/aromatic N) is 3. The fourth-order valence-electron chi connectivity index (χ4n) is 5.54. The summed E-state index contributed by atoms with van der Waals surface area (Å²) < 4.78 is 80.4. The molecule has 6 rings (SSSR count). The molecule has 1 atom stereocenters. The third-order valence-corrected chi connectivity index (χ3v) is 9.06. The number of hydrogen-bond donors (Lipinski definition) is 1. The lowest BCUT2D eigenvalue weighted by Gasteiger charge is -2.35. The van der Waals surface area contributed by atoms with Gasteiger partial charge in [0.25, 0.3) is 15.9 Å². The Morgan fingerprint density at radius 1 is 1.02 bits per heavy atom. The van der Waals surface area contributed by atoms with E-state index in [-0.39, 0.29) is 29.1 Å². The van der Waals surface area contributed by atoms with E-state index in [4.69, 9.17) is 4.74 Å². The van der Waals surface area contributed by atoms with Gasteiger partial charge in [-0.15, -0.1) is 0 Å². The second-order valence-corrected chi connectivity index (χ2v) is 13.0. The third kappa shape index (κ3) is 5.73. The van der Waals surface area contributed by atoms with Crippen LogP contribution in [-0.4, -0.2) is 35.7 Å². The molecule has 12 heteroatoms. The standard InChI is InChI=1S/C32H29F3N4O4S/c1-19(2)14-15-20-8-3-6-13-25(20)28-27(32(33,34)35)29-37-31(36-28)38-44(41,42)23-11-7-10-21(16-23)30(40)39-17-22-9-4-5-12-24(22)26(18-39)43-29/h3-13,16,19,26H,14-15,17-18H2,1-2H3,(H,36,37,38). The zero-order valence-corrected chi connectivity index (χ0v) is 24.7. The van der Waals surface area contributed by atoms with Gasteiger partial charge in [-0.1, -0.05) is 68.4 Å². The summed E-state index contributed by atoms with van der Waals surface area (Å²) in [6.45, 7) is 4.12. The topological polar surface area (TPSA) is 101 Å². The molecule has 0 saturated heterocycles. The van der Waals surface area contributed by atoms with Crippen molar-refractivity contribution in [2.45, 2.75) is 50.4 Å². The molecule has 228 valence electrons. The van der Waals surface area contributed by atoms with E-state index in [0.29, 0.717) is 35.4 Å². The molecule has 44 heavy (non-hydrogen) atoms. The Bertz CT molecular complexity index is 1860. The van der Waals surface area contributed by atoms with Gasteiger partial charge in [-0.05, 0) is 53.6 Å². The van der Waals surface area contributed by atoms with Gasteiger partial charge in [0.1, 0.15) is 11.7 Å². The van der Waals surface area contributed by atoms with Crippen molar-refractivity contribution in [2.75, 3.05) is 11.3 Å². The first-order valence-corrected chi connectivity index (χ1v) is 15.6. The Morgan fingerprint density at radius 3 is 2.55 bits per heavy atom. The largest absolute Gasteiger partial charge is 0.467 e. The second kappa shape index (κ2) is 11.2. The quantitative estimate of drug-likeness (QED) is 0.274. The van der Waals surface area contributed by atoms with Crippen LogP contribution in [0.15, 0.2) is 77.7 Å². The van der Waals surface area contributed by atoms with Crippen LogP contribution in [0.4, 0.5) is 19.1 Å². The maximum Gasteiger partial charge on any atom is 0.423 e. The highest BCUT2D eigenvalue weighted by molar-refractivity contribution is 7.92. The van der Waals surface area contributed by atoms with Gasteiger partial charge in [0, 0.05) is 17.7 Å². The fourth-order valence-corrected chi connectivity index (χ4v) is 6.53. The van der Waals surface area contributed by atoms with Crippen molar-refractivity contribution in [3.63, 3.8) is 0 Å². The maximum absolute atomic E-state index is 15.0. The number of hydrogen-bond acceptors (Lipinski definition) is 6. The summed E-state index contributed by atoms with van der Waals surface area (Å²) in [7, 11) is -4.42. The van der Waals surface area contributed by atoms with E-state index in [0.717, 1.165) is 0 Å². The summed E-state index contributed by atoms with van der Waals surface area (Å²) in [6.07, 6.45) is -4.81. The zero-order chi connectivity index (χ0) is 31.2. The Morgan fingerprint density at radius 2 is 1.77 bits per heavy atom. The summed E-state index contributed by atoms with van der Waals surface area (Å²) in [4.78, 5) is 23.0. The number of carbonyl (C=O) groups is 1. The van der Waals surface area contributed by atoms with Crippen molar-refractivity contribution in [2.24, 2.45) is 5.92 Å². The van der Waals surface area contributed by atoms with Crippen LogP contribution in [0.2, 0.25) is 0 Å². The van der Waals surface area contributed by atoms with E-state index >= 15 is 13.2 Å². The summed E-state index contributed by atoms with van der Waals surface area (Å²) in [5.74, 6) is -1.62. The number of sulfonamides is 1. The second-order valence-electron chi connectivity index (χ2n) is 11.3. The molecule has 6 bridgehead atoms. The van der Waals surface area contributed by atoms with Crippen LogP contribution in [0, 0.1) is 5.92 Å². The number of amides is 1. The van der Waals surface area contributed by atoms with Crippen LogP contribution >= 0.6 is 0 Å². The first-order chi connectivity index (χ1) is 20.9.